The molecule has 6 aromatic carbocycles. The minimum atomic E-state index is -0.0597. The van der Waals surface area contributed by atoms with E-state index in [0.29, 0.717) is 0 Å². The van der Waals surface area contributed by atoms with E-state index < -0.39 is 0 Å². The smallest absolute Gasteiger partial charge is 0.142 e. The summed E-state index contributed by atoms with van der Waals surface area (Å²) < 4.78 is 6.42. The summed E-state index contributed by atoms with van der Waals surface area (Å²) in [6.07, 6.45) is 16.9. The molecule has 0 fully saturated rings. The lowest BCUT2D eigenvalue weighted by molar-refractivity contribution is 0.252. The van der Waals surface area contributed by atoms with E-state index >= 15 is 0 Å². The van der Waals surface area contributed by atoms with Gasteiger partial charge in [0.25, 0.3) is 0 Å². The van der Waals surface area contributed by atoms with Crippen molar-refractivity contribution in [1.82, 2.24) is 0 Å². The van der Waals surface area contributed by atoms with Gasteiger partial charge in [-0.3, -0.25) is 0 Å². The van der Waals surface area contributed by atoms with Crippen molar-refractivity contribution in [2.45, 2.75) is 84.2 Å². The summed E-state index contributed by atoms with van der Waals surface area (Å²) in [4.78, 5) is 2.40. The number of hydrogen-bond acceptors (Lipinski definition) is 2. The normalized spacial score (nSPS) is 13.6. The van der Waals surface area contributed by atoms with Crippen molar-refractivity contribution >= 4 is 33.9 Å². The highest BCUT2D eigenvalue weighted by Crippen LogP contribution is 2.40. The number of rotatable bonds is 15. The van der Waals surface area contributed by atoms with Crippen LogP contribution in [0.25, 0.3) is 28.0 Å². The van der Waals surface area contributed by atoms with Crippen LogP contribution in [-0.4, -0.2) is 0 Å². The van der Waals surface area contributed by atoms with Gasteiger partial charge in [0, 0.05) is 22.6 Å². The highest BCUT2D eigenvalue weighted by Gasteiger charge is 2.19. The fraction of sp³-hybridized carbons (Fsp3) is 0.265. The van der Waals surface area contributed by atoms with Crippen molar-refractivity contribution < 1.29 is 4.74 Å². The van der Waals surface area contributed by atoms with E-state index in [1.807, 2.05) is 6.07 Å². The van der Waals surface area contributed by atoms with E-state index in [1.165, 1.54) is 101 Å². The van der Waals surface area contributed by atoms with Crippen LogP contribution in [0.4, 0.5) is 17.1 Å². The van der Waals surface area contributed by atoms with Gasteiger partial charge in [0.1, 0.15) is 11.9 Å². The molecule has 0 N–H and O–H groups in total. The van der Waals surface area contributed by atoms with E-state index in [4.69, 9.17) is 4.74 Å². The fourth-order valence-corrected chi connectivity index (χ4v) is 7.36. The van der Waals surface area contributed by atoms with Crippen LogP contribution in [-0.2, 0) is 12.8 Å². The molecule has 1 unspecified atom stereocenters. The van der Waals surface area contributed by atoms with Crippen LogP contribution in [0.2, 0.25) is 0 Å². The van der Waals surface area contributed by atoms with Crippen LogP contribution >= 0.6 is 0 Å². The molecule has 0 saturated heterocycles. The summed E-state index contributed by atoms with van der Waals surface area (Å²) in [5.74, 6) is 0.935. The van der Waals surface area contributed by atoms with E-state index in [0.717, 1.165) is 29.8 Å². The zero-order valence-corrected chi connectivity index (χ0v) is 30.4. The Morgan fingerprint density at radius 1 is 0.529 bits per heavy atom. The Morgan fingerprint density at radius 3 is 1.69 bits per heavy atom. The first-order chi connectivity index (χ1) is 25.2. The molecule has 258 valence electrons. The standard InChI is InChI=1S/C49H51NO/c1-3-5-7-10-14-37-18-26-43(27-19-37)50(44-28-20-38(21-29-44)15-11-8-6-4-2)45-30-22-39(23-31-45)41-24-32-46-42(36-41)25-34-49-47(46)33-35-48(51-49)40-16-12-9-13-17-40/h9,12-13,16-36,48H,3-8,10-11,14-15H2,1-2H3. The highest BCUT2D eigenvalue weighted by atomic mass is 16.5. The number of aryl methyl sites for hydroxylation is 2. The van der Waals surface area contributed by atoms with E-state index in [9.17, 15) is 0 Å². The van der Waals surface area contributed by atoms with Gasteiger partial charge < -0.3 is 9.64 Å². The van der Waals surface area contributed by atoms with Gasteiger partial charge in [-0.1, -0.05) is 143 Å². The predicted molar refractivity (Wildman–Crippen MR) is 219 cm³/mol. The number of hydrogen-bond donors (Lipinski definition) is 0. The molecule has 0 amide bonds. The molecule has 0 aromatic heterocycles. The molecule has 6 aromatic rings. The molecule has 1 atom stereocenters. The Hall–Kier alpha value is -5.08. The Labute approximate surface area is 305 Å². The third kappa shape index (κ3) is 8.29. The first-order valence-electron chi connectivity index (χ1n) is 19.2. The van der Waals surface area contributed by atoms with Crippen LogP contribution < -0.4 is 9.64 Å². The molecular weight excluding hydrogens is 619 g/mol. The molecule has 1 aliphatic rings. The van der Waals surface area contributed by atoms with Crippen LogP contribution in [0.15, 0.2) is 140 Å². The molecule has 1 aliphatic heterocycles. The van der Waals surface area contributed by atoms with E-state index in [1.54, 1.807) is 0 Å². The lowest BCUT2D eigenvalue weighted by Gasteiger charge is -2.26. The number of ether oxygens (including phenoxy) is 1. The van der Waals surface area contributed by atoms with Crippen molar-refractivity contribution in [2.75, 3.05) is 4.90 Å². The van der Waals surface area contributed by atoms with Gasteiger partial charge in [0.05, 0.1) is 0 Å². The number of fused-ring (bicyclic) bond motifs is 3. The lowest BCUT2D eigenvalue weighted by atomic mass is 9.95. The third-order valence-electron chi connectivity index (χ3n) is 10.3. The molecule has 0 radical (unpaired) electrons. The maximum Gasteiger partial charge on any atom is 0.142 e. The third-order valence-corrected chi connectivity index (χ3v) is 10.3. The second-order valence-corrected chi connectivity index (χ2v) is 14.1. The lowest BCUT2D eigenvalue weighted by Crippen LogP contribution is -2.10. The molecule has 0 bridgehead atoms. The summed E-state index contributed by atoms with van der Waals surface area (Å²) in [5, 5.41) is 2.43. The quantitative estimate of drug-likeness (QED) is 0.101. The van der Waals surface area contributed by atoms with Gasteiger partial charge >= 0.3 is 0 Å². The average molecular weight is 670 g/mol. The highest BCUT2D eigenvalue weighted by molar-refractivity contribution is 5.96. The van der Waals surface area contributed by atoms with Gasteiger partial charge in [-0.05, 0) is 119 Å². The summed E-state index contributed by atoms with van der Waals surface area (Å²) in [7, 11) is 0. The molecule has 2 nitrogen and oxygen atoms in total. The Bertz CT molecular complexity index is 1970. The SMILES string of the molecule is CCCCCCc1ccc(N(c2ccc(CCCCCC)cc2)c2ccc(-c3ccc4c5c(ccc4c3)OC(c3ccccc3)C=C5)cc2)cc1. The van der Waals surface area contributed by atoms with E-state index in [2.05, 4.69) is 158 Å². The molecule has 0 spiro atoms. The average Bonchev–Trinajstić information content (AvgIpc) is 3.19. The molecule has 0 saturated carbocycles. The van der Waals surface area contributed by atoms with E-state index in [-0.39, 0.29) is 6.10 Å². The van der Waals surface area contributed by atoms with Crippen LogP contribution in [0.1, 0.15) is 93.6 Å². The number of unbranched alkanes of at least 4 members (excludes halogenated alkanes) is 6. The molecule has 0 aliphatic carbocycles. The Morgan fingerprint density at radius 2 is 1.10 bits per heavy atom. The first kappa shape index (κ1) is 34.4. The van der Waals surface area contributed by atoms with Crippen molar-refractivity contribution in [3.63, 3.8) is 0 Å². The van der Waals surface area contributed by atoms with Crippen LogP contribution in [0, 0.1) is 0 Å². The molecule has 1 heterocycles. The van der Waals surface area contributed by atoms with Crippen molar-refractivity contribution in [3.8, 4) is 16.9 Å². The van der Waals surface area contributed by atoms with Crippen LogP contribution in [0.3, 0.4) is 0 Å². The monoisotopic (exact) mass is 669 g/mol. The maximum atomic E-state index is 6.42. The van der Waals surface area contributed by atoms with Gasteiger partial charge in [0.2, 0.25) is 0 Å². The number of benzene rings is 6. The van der Waals surface area contributed by atoms with Gasteiger partial charge in [-0.25, -0.2) is 0 Å². The van der Waals surface area contributed by atoms with Gasteiger partial charge in [-0.2, -0.15) is 0 Å². The fourth-order valence-electron chi connectivity index (χ4n) is 7.36. The second kappa shape index (κ2) is 16.8. The Balaban J connectivity index is 1.13. The zero-order valence-electron chi connectivity index (χ0n) is 30.4. The molecule has 2 heteroatoms. The predicted octanol–water partition coefficient (Wildman–Crippen LogP) is 14.4. The molecule has 51 heavy (non-hydrogen) atoms. The summed E-state index contributed by atoms with van der Waals surface area (Å²) in [6.45, 7) is 4.55. The summed E-state index contributed by atoms with van der Waals surface area (Å²) >= 11 is 0. The van der Waals surface area contributed by atoms with Gasteiger partial charge in [0.15, 0.2) is 0 Å². The van der Waals surface area contributed by atoms with Crippen molar-refractivity contribution in [1.29, 1.82) is 0 Å². The Kier molecular flexibility index (Phi) is 11.3. The van der Waals surface area contributed by atoms with Crippen molar-refractivity contribution in [2.24, 2.45) is 0 Å². The number of anilines is 3. The minimum Gasteiger partial charge on any atom is -0.481 e. The minimum absolute atomic E-state index is 0.0597. The number of nitrogens with zero attached hydrogens (tertiary/aromatic N) is 1. The summed E-state index contributed by atoms with van der Waals surface area (Å²) in [5.41, 5.74) is 11.1. The second-order valence-electron chi connectivity index (χ2n) is 14.1. The molecular formula is C49H51NO. The summed E-state index contributed by atoms with van der Waals surface area (Å²) in [6, 6.07) is 49.0. The largest absolute Gasteiger partial charge is 0.481 e. The topological polar surface area (TPSA) is 12.5 Å². The first-order valence-corrected chi connectivity index (χ1v) is 19.2. The maximum absolute atomic E-state index is 6.42. The molecule has 7 rings (SSSR count). The van der Waals surface area contributed by atoms with Gasteiger partial charge in [-0.15, -0.1) is 0 Å². The van der Waals surface area contributed by atoms with Crippen molar-refractivity contribution in [3.05, 3.63) is 162 Å². The zero-order chi connectivity index (χ0) is 34.8. The van der Waals surface area contributed by atoms with Crippen LogP contribution in [0.5, 0.6) is 5.75 Å².